The van der Waals surface area contributed by atoms with Gasteiger partial charge in [-0.2, -0.15) is 0 Å². The van der Waals surface area contributed by atoms with Crippen LogP contribution in [0.3, 0.4) is 0 Å². The Morgan fingerprint density at radius 1 is 1.06 bits per heavy atom. The molecule has 1 fully saturated rings. The Kier molecular flexibility index (Phi) is 3.72. The van der Waals surface area contributed by atoms with Crippen molar-refractivity contribution in [3.63, 3.8) is 0 Å². The molecule has 1 atom stereocenters. The first kappa shape index (κ1) is 11.3. The van der Waals surface area contributed by atoms with Crippen LogP contribution in [0, 0.1) is 11.6 Å². The van der Waals surface area contributed by atoms with Crippen LogP contribution in [-0.2, 0) is 0 Å². The zero-order chi connectivity index (χ0) is 11.4. The predicted octanol–water partition coefficient (Wildman–Crippen LogP) is 2.52. The molecule has 2 nitrogen and oxygen atoms in total. The third-order valence-corrected chi connectivity index (χ3v) is 2.81. The molecule has 1 aromatic carbocycles. The summed E-state index contributed by atoms with van der Waals surface area (Å²) in [4.78, 5) is 0. The van der Waals surface area contributed by atoms with Gasteiger partial charge >= 0.3 is 0 Å². The van der Waals surface area contributed by atoms with Gasteiger partial charge in [0.25, 0.3) is 0 Å². The number of halogens is 2. The van der Waals surface area contributed by atoms with E-state index in [2.05, 4.69) is 10.6 Å². The Balaban J connectivity index is 2.01. The van der Waals surface area contributed by atoms with Crippen molar-refractivity contribution in [2.75, 3.05) is 18.4 Å². The molecule has 0 aliphatic carbocycles. The summed E-state index contributed by atoms with van der Waals surface area (Å²) in [5, 5.41) is 6.48. The van der Waals surface area contributed by atoms with Gasteiger partial charge in [0.15, 0.2) is 0 Å². The number of anilines is 1. The Labute approximate surface area is 94.0 Å². The minimum absolute atomic E-state index is 0.302. The molecular weight excluding hydrogens is 210 g/mol. The van der Waals surface area contributed by atoms with Crippen LogP contribution in [0.1, 0.15) is 19.3 Å². The van der Waals surface area contributed by atoms with Crippen LogP contribution >= 0.6 is 0 Å². The lowest BCUT2D eigenvalue weighted by atomic mass is 10.1. The smallest absolute Gasteiger partial charge is 0.128 e. The molecule has 1 aromatic rings. The maximum Gasteiger partial charge on any atom is 0.128 e. The van der Waals surface area contributed by atoms with E-state index in [1.165, 1.54) is 12.1 Å². The average molecular weight is 226 g/mol. The van der Waals surface area contributed by atoms with Crippen LogP contribution in [0.15, 0.2) is 18.2 Å². The standard InChI is InChI=1S/C12H16F2N2/c13-9-6-10(14)8-12(7-9)16-11-2-1-4-15-5-3-11/h6-8,11,15-16H,1-5H2. The van der Waals surface area contributed by atoms with Gasteiger partial charge in [-0.1, -0.05) is 0 Å². The summed E-state index contributed by atoms with van der Waals surface area (Å²) >= 11 is 0. The van der Waals surface area contributed by atoms with Gasteiger partial charge in [-0.05, 0) is 44.5 Å². The van der Waals surface area contributed by atoms with E-state index in [9.17, 15) is 8.78 Å². The highest BCUT2D eigenvalue weighted by Gasteiger charge is 2.12. The zero-order valence-corrected chi connectivity index (χ0v) is 9.10. The van der Waals surface area contributed by atoms with Crippen LogP contribution in [0.4, 0.5) is 14.5 Å². The Hall–Kier alpha value is -1.16. The molecule has 1 saturated heterocycles. The molecule has 0 saturated carbocycles. The first-order valence-corrected chi connectivity index (χ1v) is 5.67. The lowest BCUT2D eigenvalue weighted by Crippen LogP contribution is -2.21. The molecule has 1 heterocycles. The quantitative estimate of drug-likeness (QED) is 0.809. The summed E-state index contributed by atoms with van der Waals surface area (Å²) in [7, 11) is 0. The van der Waals surface area contributed by atoms with Crippen molar-refractivity contribution < 1.29 is 8.78 Å². The lowest BCUT2D eigenvalue weighted by molar-refractivity contribution is 0.581. The first-order chi connectivity index (χ1) is 7.74. The topological polar surface area (TPSA) is 24.1 Å². The molecule has 1 aliphatic heterocycles. The van der Waals surface area contributed by atoms with E-state index in [1.807, 2.05) is 0 Å². The van der Waals surface area contributed by atoms with E-state index in [0.717, 1.165) is 38.4 Å². The zero-order valence-electron chi connectivity index (χ0n) is 9.10. The highest BCUT2D eigenvalue weighted by Crippen LogP contribution is 2.17. The molecule has 2 rings (SSSR count). The molecule has 1 aliphatic rings. The second-order valence-electron chi connectivity index (χ2n) is 4.18. The molecule has 4 heteroatoms. The summed E-state index contributed by atoms with van der Waals surface area (Å²) in [6.07, 6.45) is 3.11. The van der Waals surface area contributed by atoms with E-state index < -0.39 is 11.6 Å². The highest BCUT2D eigenvalue weighted by atomic mass is 19.1. The number of hydrogen-bond acceptors (Lipinski definition) is 2. The molecule has 0 aromatic heterocycles. The van der Waals surface area contributed by atoms with Crippen LogP contribution in [0.5, 0.6) is 0 Å². The molecule has 0 spiro atoms. The van der Waals surface area contributed by atoms with Gasteiger partial charge in [0, 0.05) is 17.8 Å². The van der Waals surface area contributed by atoms with E-state index >= 15 is 0 Å². The first-order valence-electron chi connectivity index (χ1n) is 5.67. The highest BCUT2D eigenvalue weighted by molar-refractivity contribution is 5.44. The molecular formula is C12H16F2N2. The summed E-state index contributed by atoms with van der Waals surface area (Å²) < 4.78 is 25.9. The fourth-order valence-electron chi connectivity index (χ4n) is 2.04. The van der Waals surface area contributed by atoms with E-state index in [1.54, 1.807) is 0 Å². The Morgan fingerprint density at radius 3 is 2.56 bits per heavy atom. The normalized spacial score (nSPS) is 21.5. The van der Waals surface area contributed by atoms with Gasteiger partial charge in [0.05, 0.1) is 0 Å². The summed E-state index contributed by atoms with van der Waals surface area (Å²) in [6, 6.07) is 3.86. The summed E-state index contributed by atoms with van der Waals surface area (Å²) in [5.41, 5.74) is 0.532. The van der Waals surface area contributed by atoms with Crippen molar-refractivity contribution in [1.29, 1.82) is 0 Å². The third-order valence-electron chi connectivity index (χ3n) is 2.81. The average Bonchev–Trinajstić information content (AvgIpc) is 2.44. The maximum atomic E-state index is 13.0. The summed E-state index contributed by atoms with van der Waals surface area (Å²) in [6.45, 7) is 1.98. The number of hydrogen-bond donors (Lipinski definition) is 2. The third kappa shape index (κ3) is 3.17. The van der Waals surface area contributed by atoms with Crippen molar-refractivity contribution in [3.05, 3.63) is 29.8 Å². The molecule has 1 unspecified atom stereocenters. The molecule has 16 heavy (non-hydrogen) atoms. The number of rotatable bonds is 2. The molecule has 88 valence electrons. The van der Waals surface area contributed by atoms with Crippen molar-refractivity contribution >= 4 is 5.69 Å². The molecule has 0 bridgehead atoms. The Morgan fingerprint density at radius 2 is 1.81 bits per heavy atom. The van der Waals surface area contributed by atoms with Crippen LogP contribution in [0.25, 0.3) is 0 Å². The fourth-order valence-corrected chi connectivity index (χ4v) is 2.04. The fraction of sp³-hybridized carbons (Fsp3) is 0.500. The van der Waals surface area contributed by atoms with Crippen molar-refractivity contribution in [2.45, 2.75) is 25.3 Å². The van der Waals surface area contributed by atoms with Crippen LogP contribution in [0.2, 0.25) is 0 Å². The Bertz CT molecular complexity index is 327. The van der Waals surface area contributed by atoms with Gasteiger partial charge in [-0.15, -0.1) is 0 Å². The van der Waals surface area contributed by atoms with Crippen LogP contribution in [-0.4, -0.2) is 19.1 Å². The van der Waals surface area contributed by atoms with E-state index in [0.29, 0.717) is 11.7 Å². The SMILES string of the molecule is Fc1cc(F)cc(NC2CCCNCC2)c1. The van der Waals surface area contributed by atoms with Crippen LogP contribution < -0.4 is 10.6 Å². The number of nitrogens with one attached hydrogen (secondary N) is 2. The molecule has 2 N–H and O–H groups in total. The second-order valence-corrected chi connectivity index (χ2v) is 4.18. The minimum atomic E-state index is -0.533. The second kappa shape index (κ2) is 5.25. The maximum absolute atomic E-state index is 13.0. The minimum Gasteiger partial charge on any atom is -0.382 e. The van der Waals surface area contributed by atoms with E-state index in [4.69, 9.17) is 0 Å². The summed E-state index contributed by atoms with van der Waals surface area (Å²) in [5.74, 6) is -1.07. The largest absolute Gasteiger partial charge is 0.382 e. The van der Waals surface area contributed by atoms with Gasteiger partial charge in [0.1, 0.15) is 11.6 Å². The van der Waals surface area contributed by atoms with Gasteiger partial charge < -0.3 is 10.6 Å². The van der Waals surface area contributed by atoms with E-state index in [-0.39, 0.29) is 0 Å². The van der Waals surface area contributed by atoms with Gasteiger partial charge in [-0.25, -0.2) is 8.78 Å². The van der Waals surface area contributed by atoms with Crippen molar-refractivity contribution in [3.8, 4) is 0 Å². The van der Waals surface area contributed by atoms with Crippen molar-refractivity contribution in [2.24, 2.45) is 0 Å². The number of benzene rings is 1. The van der Waals surface area contributed by atoms with Gasteiger partial charge in [-0.3, -0.25) is 0 Å². The predicted molar refractivity (Wildman–Crippen MR) is 60.5 cm³/mol. The van der Waals surface area contributed by atoms with Crippen molar-refractivity contribution in [1.82, 2.24) is 5.32 Å². The van der Waals surface area contributed by atoms with Gasteiger partial charge in [0.2, 0.25) is 0 Å². The monoisotopic (exact) mass is 226 g/mol. The molecule has 0 amide bonds. The molecule has 0 radical (unpaired) electrons. The lowest BCUT2D eigenvalue weighted by Gasteiger charge is -2.17.